The Balaban J connectivity index is 2.33. The molecule has 0 aliphatic carbocycles. The molecule has 20 heavy (non-hydrogen) atoms. The molecule has 0 heterocycles. The maximum atomic E-state index is 12.3. The van der Waals surface area contributed by atoms with Crippen LogP contribution in [0.4, 0.5) is 5.69 Å². The zero-order valence-electron chi connectivity index (χ0n) is 11.0. The van der Waals surface area contributed by atoms with Crippen LogP contribution in [0.5, 0.6) is 5.75 Å². The molecule has 5 heteroatoms. The van der Waals surface area contributed by atoms with Crippen molar-refractivity contribution < 1.29 is 9.90 Å². The molecule has 0 radical (unpaired) electrons. The van der Waals surface area contributed by atoms with Gasteiger partial charge >= 0.3 is 0 Å². The van der Waals surface area contributed by atoms with Gasteiger partial charge in [0.2, 0.25) is 0 Å². The van der Waals surface area contributed by atoms with E-state index in [1.165, 1.54) is 6.07 Å². The highest BCUT2D eigenvalue weighted by molar-refractivity contribution is 9.11. The number of aromatic hydroxyl groups is 1. The number of carbonyl (C=O) groups excluding carboxylic acids is 1. The molecule has 0 aliphatic heterocycles. The van der Waals surface area contributed by atoms with Gasteiger partial charge in [-0.1, -0.05) is 0 Å². The number of halogens is 2. The minimum absolute atomic E-state index is 0.150. The lowest BCUT2D eigenvalue weighted by Gasteiger charge is -2.12. The third-order valence-corrected chi connectivity index (χ3v) is 4.13. The van der Waals surface area contributed by atoms with Crippen LogP contribution >= 0.6 is 31.9 Å². The maximum absolute atomic E-state index is 12.3. The van der Waals surface area contributed by atoms with Gasteiger partial charge < -0.3 is 10.4 Å². The second-order valence-electron chi connectivity index (χ2n) is 4.56. The quantitative estimate of drug-likeness (QED) is 0.764. The van der Waals surface area contributed by atoms with E-state index in [9.17, 15) is 9.90 Å². The number of hydrogen-bond acceptors (Lipinski definition) is 2. The molecular weight excluding hydrogens is 386 g/mol. The van der Waals surface area contributed by atoms with E-state index in [-0.39, 0.29) is 11.7 Å². The molecule has 0 atom stereocenters. The Bertz CT molecular complexity index is 661. The van der Waals surface area contributed by atoms with Crippen LogP contribution in [0.15, 0.2) is 39.3 Å². The molecule has 0 bridgehead atoms. The Morgan fingerprint density at radius 1 is 1.10 bits per heavy atom. The van der Waals surface area contributed by atoms with E-state index in [0.717, 1.165) is 20.1 Å². The number of benzene rings is 2. The molecule has 0 saturated heterocycles. The van der Waals surface area contributed by atoms with Gasteiger partial charge in [0.25, 0.3) is 5.91 Å². The van der Waals surface area contributed by atoms with Crippen LogP contribution in [-0.2, 0) is 0 Å². The zero-order valence-corrected chi connectivity index (χ0v) is 14.2. The first-order valence-electron chi connectivity index (χ1n) is 5.95. The van der Waals surface area contributed by atoms with Crippen molar-refractivity contribution in [1.29, 1.82) is 0 Å². The van der Waals surface area contributed by atoms with Gasteiger partial charge in [-0.15, -0.1) is 0 Å². The number of aryl methyl sites for hydroxylation is 2. The first-order chi connectivity index (χ1) is 9.38. The van der Waals surface area contributed by atoms with E-state index in [2.05, 4.69) is 37.2 Å². The Kier molecular flexibility index (Phi) is 4.50. The first-order valence-corrected chi connectivity index (χ1v) is 7.53. The highest BCUT2D eigenvalue weighted by Gasteiger charge is 2.13. The summed E-state index contributed by atoms with van der Waals surface area (Å²) in [5.41, 5.74) is 3.03. The number of anilines is 1. The topological polar surface area (TPSA) is 49.3 Å². The molecule has 3 nitrogen and oxygen atoms in total. The summed E-state index contributed by atoms with van der Waals surface area (Å²) >= 11 is 6.89. The van der Waals surface area contributed by atoms with Crippen LogP contribution in [0.25, 0.3) is 0 Å². The summed E-state index contributed by atoms with van der Waals surface area (Å²) < 4.78 is 1.63. The van der Waals surface area contributed by atoms with Gasteiger partial charge in [0.1, 0.15) is 5.75 Å². The smallest absolute Gasteiger partial charge is 0.255 e. The van der Waals surface area contributed by atoms with Gasteiger partial charge in [-0.05, 0) is 87.2 Å². The van der Waals surface area contributed by atoms with Crippen molar-refractivity contribution in [1.82, 2.24) is 0 Å². The summed E-state index contributed by atoms with van der Waals surface area (Å²) in [5, 5.41) is 12.2. The zero-order chi connectivity index (χ0) is 14.9. The summed E-state index contributed by atoms with van der Waals surface area (Å²) in [6, 6.07) is 8.54. The molecular formula is C15H13Br2NO2. The summed E-state index contributed by atoms with van der Waals surface area (Å²) in [5.74, 6) is -0.0653. The van der Waals surface area contributed by atoms with Crippen molar-refractivity contribution in [2.75, 3.05) is 5.32 Å². The Labute approximate surface area is 134 Å². The molecule has 2 rings (SSSR count). The summed E-state index contributed by atoms with van der Waals surface area (Å²) in [4.78, 5) is 12.3. The van der Waals surface area contributed by atoms with Crippen molar-refractivity contribution in [3.8, 4) is 5.75 Å². The lowest BCUT2D eigenvalue weighted by Crippen LogP contribution is -2.14. The molecule has 1 amide bonds. The standard InChI is InChI=1S/C15H13Br2NO2/c1-8-5-12(16)14(13(17)6-8)18-15(20)11-4-3-10(19)7-9(11)2/h3-7,19H,1-2H3,(H,18,20). The SMILES string of the molecule is Cc1cc(Br)c(NC(=O)c2ccc(O)cc2C)c(Br)c1. The Morgan fingerprint density at radius 3 is 2.25 bits per heavy atom. The van der Waals surface area contributed by atoms with Crippen LogP contribution in [0, 0.1) is 13.8 Å². The molecule has 0 aromatic heterocycles. The highest BCUT2D eigenvalue weighted by Crippen LogP contribution is 2.32. The van der Waals surface area contributed by atoms with E-state index < -0.39 is 0 Å². The average Bonchev–Trinajstić information content (AvgIpc) is 2.33. The van der Waals surface area contributed by atoms with Gasteiger partial charge in [0.15, 0.2) is 0 Å². The average molecular weight is 399 g/mol. The predicted molar refractivity (Wildman–Crippen MR) is 87.4 cm³/mol. The second-order valence-corrected chi connectivity index (χ2v) is 6.27. The normalized spacial score (nSPS) is 10.4. The minimum atomic E-state index is -0.215. The fraction of sp³-hybridized carbons (Fsp3) is 0.133. The first kappa shape index (κ1) is 15.1. The molecule has 0 aliphatic rings. The summed E-state index contributed by atoms with van der Waals surface area (Å²) in [6.45, 7) is 3.76. The molecule has 2 N–H and O–H groups in total. The van der Waals surface area contributed by atoms with E-state index in [0.29, 0.717) is 11.3 Å². The minimum Gasteiger partial charge on any atom is -0.508 e. The fourth-order valence-corrected chi connectivity index (χ4v) is 3.52. The lowest BCUT2D eigenvalue weighted by molar-refractivity contribution is 0.102. The van der Waals surface area contributed by atoms with E-state index in [4.69, 9.17) is 0 Å². The number of amides is 1. The molecule has 0 saturated carbocycles. The molecule has 0 spiro atoms. The van der Waals surface area contributed by atoms with E-state index in [1.807, 2.05) is 19.1 Å². The van der Waals surface area contributed by atoms with E-state index in [1.54, 1.807) is 19.1 Å². The monoisotopic (exact) mass is 397 g/mol. The molecule has 104 valence electrons. The molecule has 0 unspecified atom stereocenters. The van der Waals surface area contributed by atoms with Crippen molar-refractivity contribution in [2.45, 2.75) is 13.8 Å². The summed E-state index contributed by atoms with van der Waals surface area (Å²) in [7, 11) is 0. The van der Waals surface area contributed by atoms with Crippen molar-refractivity contribution in [3.05, 3.63) is 56.0 Å². The molecule has 0 fully saturated rings. The van der Waals surface area contributed by atoms with Gasteiger partial charge in [0.05, 0.1) is 5.69 Å². The Hall–Kier alpha value is -1.33. The van der Waals surface area contributed by atoms with Crippen LogP contribution < -0.4 is 5.32 Å². The second kappa shape index (κ2) is 5.97. The van der Waals surface area contributed by atoms with Crippen LogP contribution in [0.1, 0.15) is 21.5 Å². The van der Waals surface area contributed by atoms with Crippen LogP contribution in [0.3, 0.4) is 0 Å². The van der Waals surface area contributed by atoms with Crippen molar-refractivity contribution in [3.63, 3.8) is 0 Å². The maximum Gasteiger partial charge on any atom is 0.255 e. The van der Waals surface area contributed by atoms with Gasteiger partial charge in [-0.2, -0.15) is 0 Å². The highest BCUT2D eigenvalue weighted by atomic mass is 79.9. The van der Waals surface area contributed by atoms with Gasteiger partial charge in [-0.25, -0.2) is 0 Å². The van der Waals surface area contributed by atoms with Gasteiger partial charge in [0, 0.05) is 14.5 Å². The van der Waals surface area contributed by atoms with Crippen LogP contribution in [-0.4, -0.2) is 11.0 Å². The number of carbonyl (C=O) groups is 1. The number of phenols is 1. The third kappa shape index (κ3) is 3.22. The largest absolute Gasteiger partial charge is 0.508 e. The fourth-order valence-electron chi connectivity index (χ4n) is 1.90. The number of phenolic OH excluding ortho intramolecular Hbond substituents is 1. The number of nitrogens with one attached hydrogen (secondary N) is 1. The molecule has 2 aromatic carbocycles. The van der Waals surface area contributed by atoms with E-state index >= 15 is 0 Å². The molecule has 2 aromatic rings. The van der Waals surface area contributed by atoms with Gasteiger partial charge in [-0.3, -0.25) is 4.79 Å². The summed E-state index contributed by atoms with van der Waals surface area (Å²) in [6.07, 6.45) is 0. The van der Waals surface area contributed by atoms with Crippen molar-refractivity contribution in [2.24, 2.45) is 0 Å². The Morgan fingerprint density at radius 2 is 1.70 bits per heavy atom. The number of rotatable bonds is 2. The predicted octanol–water partition coefficient (Wildman–Crippen LogP) is 4.79. The third-order valence-electron chi connectivity index (χ3n) is 2.88. The van der Waals surface area contributed by atoms with Crippen molar-refractivity contribution >= 4 is 43.5 Å². The van der Waals surface area contributed by atoms with Crippen LogP contribution in [0.2, 0.25) is 0 Å². The lowest BCUT2D eigenvalue weighted by atomic mass is 10.1. The number of hydrogen-bond donors (Lipinski definition) is 2.